The Balaban J connectivity index is 3.02. The molecule has 0 atom stereocenters. The Bertz CT molecular complexity index is 462. The zero-order chi connectivity index (χ0) is 27.6. The van der Waals surface area contributed by atoms with Gasteiger partial charge in [0.25, 0.3) is 0 Å². The third-order valence-corrected chi connectivity index (χ3v) is 4.38. The monoisotopic (exact) mass is 557 g/mol. The molecule has 13 nitrogen and oxygen atoms in total. The Hall–Kier alpha value is -0.970. The van der Waals surface area contributed by atoms with Gasteiger partial charge in [-0.25, -0.2) is 0 Å². The molecule has 0 rings (SSSR count). The van der Waals surface area contributed by atoms with Gasteiger partial charge in [0.1, 0.15) is 6.61 Å². The molecule has 0 bridgehead atoms. The molecular weight excluding hydrogens is 506 g/mol. The van der Waals surface area contributed by atoms with Gasteiger partial charge >= 0.3 is 5.97 Å². The molecule has 0 aromatic carbocycles. The minimum atomic E-state index is -0.309. The van der Waals surface area contributed by atoms with Crippen molar-refractivity contribution < 1.29 is 56.9 Å². The second kappa shape index (κ2) is 34.1. The number of esters is 1. The van der Waals surface area contributed by atoms with Crippen molar-refractivity contribution >= 4 is 5.97 Å². The summed E-state index contributed by atoms with van der Waals surface area (Å²) in [6.45, 7) is 12.8. The molecule has 0 fully saturated rings. The number of ether oxygens (including phenoxy) is 11. The Morgan fingerprint density at radius 2 is 0.605 bits per heavy atom. The fraction of sp³-hybridized carbons (Fsp3) is 0.960. The SMILES string of the molecule is CNCCOCCOCCOCCOCCOCCOCCOCCOCCOCCOCCOC(C)=O. The Labute approximate surface area is 227 Å². The van der Waals surface area contributed by atoms with Crippen molar-refractivity contribution in [3.8, 4) is 0 Å². The highest BCUT2D eigenvalue weighted by molar-refractivity contribution is 5.65. The molecule has 0 saturated carbocycles. The number of carbonyl (C=O) groups is 1. The first kappa shape index (κ1) is 37.0. The summed E-state index contributed by atoms with van der Waals surface area (Å²) in [5.41, 5.74) is 0. The highest BCUT2D eigenvalue weighted by Gasteiger charge is 1.96. The number of likely N-dealkylation sites (N-methyl/N-ethyl adjacent to an activating group) is 1. The van der Waals surface area contributed by atoms with Crippen LogP contribution in [0.5, 0.6) is 0 Å². The third-order valence-electron chi connectivity index (χ3n) is 4.38. The predicted octanol–water partition coefficient (Wildman–Crippen LogP) is -0.0651. The molecule has 0 amide bonds. The van der Waals surface area contributed by atoms with E-state index >= 15 is 0 Å². The summed E-state index contributed by atoms with van der Waals surface area (Å²) in [6, 6.07) is 0. The first-order valence-electron chi connectivity index (χ1n) is 13.3. The van der Waals surface area contributed by atoms with Gasteiger partial charge in [-0.1, -0.05) is 0 Å². The van der Waals surface area contributed by atoms with Crippen molar-refractivity contribution in [3.63, 3.8) is 0 Å². The van der Waals surface area contributed by atoms with E-state index in [2.05, 4.69) is 5.32 Å². The van der Waals surface area contributed by atoms with E-state index < -0.39 is 0 Å². The second-order valence-corrected chi connectivity index (χ2v) is 7.57. The van der Waals surface area contributed by atoms with Gasteiger partial charge < -0.3 is 57.4 Å². The maximum Gasteiger partial charge on any atom is 0.302 e. The van der Waals surface area contributed by atoms with Gasteiger partial charge in [-0.2, -0.15) is 0 Å². The van der Waals surface area contributed by atoms with Crippen molar-refractivity contribution in [1.82, 2.24) is 5.32 Å². The average Bonchev–Trinajstić information content (AvgIpc) is 2.91. The minimum Gasteiger partial charge on any atom is -0.463 e. The molecule has 0 aromatic heterocycles. The van der Waals surface area contributed by atoms with E-state index in [1.807, 2.05) is 7.05 Å². The quantitative estimate of drug-likeness (QED) is 0.0854. The molecule has 13 heteroatoms. The van der Waals surface area contributed by atoms with Crippen LogP contribution in [0.4, 0.5) is 0 Å². The molecule has 0 aromatic rings. The van der Waals surface area contributed by atoms with Crippen LogP contribution in [0, 0.1) is 0 Å². The summed E-state index contributed by atoms with van der Waals surface area (Å²) < 4.78 is 58.7. The first-order valence-corrected chi connectivity index (χ1v) is 13.3. The number of carbonyl (C=O) groups excluding carboxylic acids is 1. The fourth-order valence-corrected chi connectivity index (χ4v) is 2.50. The zero-order valence-electron chi connectivity index (χ0n) is 23.5. The summed E-state index contributed by atoms with van der Waals surface area (Å²) >= 11 is 0. The van der Waals surface area contributed by atoms with Gasteiger partial charge in [0.05, 0.1) is 132 Å². The Kier molecular flexibility index (Phi) is 33.2. The van der Waals surface area contributed by atoms with Crippen LogP contribution < -0.4 is 5.32 Å². The van der Waals surface area contributed by atoms with Gasteiger partial charge in [-0.3, -0.25) is 4.79 Å². The average molecular weight is 558 g/mol. The van der Waals surface area contributed by atoms with E-state index in [0.29, 0.717) is 132 Å². The van der Waals surface area contributed by atoms with Crippen LogP contribution in [0.15, 0.2) is 0 Å². The van der Waals surface area contributed by atoms with Crippen LogP contribution in [-0.4, -0.2) is 158 Å². The lowest BCUT2D eigenvalue weighted by molar-refractivity contribution is -0.142. The van der Waals surface area contributed by atoms with Crippen LogP contribution >= 0.6 is 0 Å². The first-order chi connectivity index (χ1) is 18.8. The normalized spacial score (nSPS) is 11.3. The van der Waals surface area contributed by atoms with Gasteiger partial charge in [-0.15, -0.1) is 0 Å². The third kappa shape index (κ3) is 35.0. The van der Waals surface area contributed by atoms with Crippen molar-refractivity contribution in [2.45, 2.75) is 6.92 Å². The Morgan fingerprint density at radius 1 is 0.395 bits per heavy atom. The van der Waals surface area contributed by atoms with Crippen molar-refractivity contribution in [3.05, 3.63) is 0 Å². The van der Waals surface area contributed by atoms with E-state index in [1.165, 1.54) is 6.92 Å². The minimum absolute atomic E-state index is 0.261. The Morgan fingerprint density at radius 3 is 0.816 bits per heavy atom. The van der Waals surface area contributed by atoms with E-state index in [-0.39, 0.29) is 12.6 Å². The van der Waals surface area contributed by atoms with Crippen molar-refractivity contribution in [1.29, 1.82) is 0 Å². The standard InChI is InChI=1S/C25H51NO12/c1-25(27)38-24-23-37-22-21-36-20-19-35-18-17-34-16-15-33-14-13-32-12-11-31-10-9-30-8-7-29-6-5-28-4-3-26-2/h26H,3-24H2,1-2H3. The van der Waals surface area contributed by atoms with E-state index in [1.54, 1.807) is 0 Å². The molecule has 0 radical (unpaired) electrons. The molecule has 38 heavy (non-hydrogen) atoms. The molecule has 0 heterocycles. The van der Waals surface area contributed by atoms with E-state index in [4.69, 9.17) is 52.1 Å². The summed E-state index contributed by atoms with van der Waals surface area (Å²) in [5.74, 6) is -0.309. The molecule has 0 saturated heterocycles. The van der Waals surface area contributed by atoms with Gasteiger partial charge in [0, 0.05) is 13.5 Å². The summed E-state index contributed by atoms with van der Waals surface area (Å²) in [6.07, 6.45) is 0. The largest absolute Gasteiger partial charge is 0.463 e. The summed E-state index contributed by atoms with van der Waals surface area (Å²) in [4.78, 5) is 10.6. The lowest BCUT2D eigenvalue weighted by atomic mass is 10.6. The topological polar surface area (TPSA) is 131 Å². The molecule has 228 valence electrons. The van der Waals surface area contributed by atoms with Gasteiger partial charge in [-0.05, 0) is 7.05 Å². The van der Waals surface area contributed by atoms with Crippen molar-refractivity contribution in [2.75, 3.05) is 152 Å². The van der Waals surface area contributed by atoms with Crippen molar-refractivity contribution in [2.24, 2.45) is 0 Å². The number of nitrogens with one attached hydrogen (secondary N) is 1. The molecule has 1 N–H and O–H groups in total. The van der Waals surface area contributed by atoms with Crippen LogP contribution in [0.1, 0.15) is 6.92 Å². The van der Waals surface area contributed by atoms with Gasteiger partial charge in [0.15, 0.2) is 0 Å². The van der Waals surface area contributed by atoms with Crippen LogP contribution in [0.25, 0.3) is 0 Å². The van der Waals surface area contributed by atoms with Gasteiger partial charge in [0.2, 0.25) is 0 Å². The highest BCUT2D eigenvalue weighted by atomic mass is 16.6. The number of hydrogen-bond acceptors (Lipinski definition) is 13. The molecule has 0 spiro atoms. The summed E-state index contributed by atoms with van der Waals surface area (Å²) in [5, 5.41) is 3.01. The molecular formula is C25H51NO12. The summed E-state index contributed by atoms with van der Waals surface area (Å²) in [7, 11) is 1.89. The lowest BCUT2D eigenvalue weighted by Gasteiger charge is -2.09. The van der Waals surface area contributed by atoms with Crippen LogP contribution in [0.3, 0.4) is 0 Å². The number of hydrogen-bond donors (Lipinski definition) is 1. The molecule has 0 aliphatic heterocycles. The van der Waals surface area contributed by atoms with Crippen LogP contribution in [0.2, 0.25) is 0 Å². The highest BCUT2D eigenvalue weighted by Crippen LogP contribution is 1.87. The zero-order valence-corrected chi connectivity index (χ0v) is 23.5. The maximum atomic E-state index is 10.6. The fourth-order valence-electron chi connectivity index (χ4n) is 2.50. The van der Waals surface area contributed by atoms with E-state index in [0.717, 1.165) is 6.54 Å². The molecule has 0 unspecified atom stereocenters. The smallest absolute Gasteiger partial charge is 0.302 e. The van der Waals surface area contributed by atoms with E-state index in [9.17, 15) is 4.79 Å². The number of rotatable bonds is 33. The lowest BCUT2D eigenvalue weighted by Crippen LogP contribution is -2.17. The molecule has 0 aliphatic carbocycles. The predicted molar refractivity (Wildman–Crippen MR) is 139 cm³/mol. The maximum absolute atomic E-state index is 10.6. The molecule has 0 aliphatic rings. The second-order valence-electron chi connectivity index (χ2n) is 7.57. The van der Waals surface area contributed by atoms with Crippen LogP contribution in [-0.2, 0) is 56.9 Å².